The monoisotopic (exact) mass is 256 g/mol. The molecule has 19 heavy (non-hydrogen) atoms. The minimum atomic E-state index is -0.0946. The molecular weight excluding hydrogens is 240 g/mol. The average Bonchev–Trinajstić information content (AvgIpc) is 3.03. The fourth-order valence-corrected chi connectivity index (χ4v) is 2.38. The Morgan fingerprint density at radius 2 is 2.32 bits per heavy atom. The van der Waals surface area contributed by atoms with Gasteiger partial charge in [0.05, 0.1) is 12.1 Å². The maximum absolute atomic E-state index is 11.9. The summed E-state index contributed by atoms with van der Waals surface area (Å²) in [6.07, 6.45) is 8.65. The molecule has 0 atom stereocenters. The smallest absolute Gasteiger partial charge is 0.253 e. The van der Waals surface area contributed by atoms with Crippen LogP contribution in [0.2, 0.25) is 0 Å². The van der Waals surface area contributed by atoms with E-state index in [0.717, 1.165) is 30.5 Å². The van der Waals surface area contributed by atoms with Gasteiger partial charge in [-0.05, 0) is 37.3 Å². The molecule has 0 aliphatic heterocycles. The molecule has 2 aromatic heterocycles. The quantitative estimate of drug-likeness (QED) is 0.875. The van der Waals surface area contributed by atoms with Crippen LogP contribution in [0.15, 0.2) is 18.6 Å². The summed E-state index contributed by atoms with van der Waals surface area (Å²) in [5, 5.41) is 2.85. The van der Waals surface area contributed by atoms with Crippen molar-refractivity contribution in [3.8, 4) is 0 Å². The zero-order valence-corrected chi connectivity index (χ0v) is 10.9. The van der Waals surface area contributed by atoms with E-state index in [9.17, 15) is 4.79 Å². The molecule has 5 nitrogen and oxygen atoms in total. The molecule has 0 radical (unpaired) electrons. The van der Waals surface area contributed by atoms with Crippen molar-refractivity contribution in [3.63, 3.8) is 0 Å². The largest absolute Gasteiger partial charge is 0.367 e. The van der Waals surface area contributed by atoms with Gasteiger partial charge in [0.15, 0.2) is 0 Å². The molecule has 1 aliphatic carbocycles. The molecule has 2 aromatic rings. The molecule has 2 heterocycles. The lowest BCUT2D eigenvalue weighted by molar-refractivity contribution is 0.0949. The number of aromatic amines is 1. The zero-order valence-electron chi connectivity index (χ0n) is 10.9. The van der Waals surface area contributed by atoms with Crippen molar-refractivity contribution >= 4 is 5.91 Å². The number of hydrogen-bond acceptors (Lipinski definition) is 3. The molecule has 0 unspecified atom stereocenters. The molecule has 0 aromatic carbocycles. The first-order chi connectivity index (χ1) is 9.24. The number of H-pyrrole nitrogens is 1. The SMILES string of the molecule is Cc1c[nH]cc1C(=O)NCc1ncc2c(n1)CCC2. The van der Waals surface area contributed by atoms with Crippen LogP contribution in [-0.4, -0.2) is 20.9 Å². The Morgan fingerprint density at radius 1 is 1.42 bits per heavy atom. The maximum atomic E-state index is 11.9. The lowest BCUT2D eigenvalue weighted by Gasteiger charge is -2.05. The summed E-state index contributed by atoms with van der Waals surface area (Å²) in [7, 11) is 0. The predicted octanol–water partition coefficient (Wildman–Crippen LogP) is 1.53. The second kappa shape index (κ2) is 4.84. The van der Waals surface area contributed by atoms with Gasteiger partial charge in [0.25, 0.3) is 5.91 Å². The van der Waals surface area contributed by atoms with E-state index >= 15 is 0 Å². The second-order valence-electron chi connectivity index (χ2n) is 4.85. The molecule has 3 rings (SSSR count). The van der Waals surface area contributed by atoms with Crippen LogP contribution < -0.4 is 5.32 Å². The predicted molar refractivity (Wildman–Crippen MR) is 70.8 cm³/mol. The van der Waals surface area contributed by atoms with E-state index in [0.29, 0.717) is 17.9 Å². The van der Waals surface area contributed by atoms with Crippen LogP contribution in [0.1, 0.15) is 39.4 Å². The Balaban J connectivity index is 1.66. The topological polar surface area (TPSA) is 70.7 Å². The van der Waals surface area contributed by atoms with Crippen LogP contribution in [-0.2, 0) is 19.4 Å². The highest BCUT2D eigenvalue weighted by molar-refractivity contribution is 5.95. The molecule has 0 saturated carbocycles. The van der Waals surface area contributed by atoms with Crippen LogP contribution >= 0.6 is 0 Å². The number of rotatable bonds is 3. The third-order valence-corrected chi connectivity index (χ3v) is 3.47. The Bertz CT molecular complexity index is 618. The van der Waals surface area contributed by atoms with Crippen LogP contribution in [0.4, 0.5) is 0 Å². The Hall–Kier alpha value is -2.17. The fourth-order valence-electron chi connectivity index (χ4n) is 2.38. The molecule has 0 bridgehead atoms. The number of nitrogens with one attached hydrogen (secondary N) is 2. The maximum Gasteiger partial charge on any atom is 0.253 e. The van der Waals surface area contributed by atoms with Gasteiger partial charge >= 0.3 is 0 Å². The first-order valence-corrected chi connectivity index (χ1v) is 6.49. The summed E-state index contributed by atoms with van der Waals surface area (Å²) in [5.41, 5.74) is 3.99. The van der Waals surface area contributed by atoms with Gasteiger partial charge in [0.2, 0.25) is 0 Å². The lowest BCUT2D eigenvalue weighted by Crippen LogP contribution is -2.24. The van der Waals surface area contributed by atoms with Gasteiger partial charge in [-0.3, -0.25) is 4.79 Å². The van der Waals surface area contributed by atoms with Gasteiger partial charge in [0.1, 0.15) is 5.82 Å². The van der Waals surface area contributed by atoms with Crippen LogP contribution in [0.3, 0.4) is 0 Å². The first-order valence-electron chi connectivity index (χ1n) is 6.49. The zero-order chi connectivity index (χ0) is 13.2. The van der Waals surface area contributed by atoms with Crippen molar-refractivity contribution in [2.24, 2.45) is 0 Å². The molecule has 1 aliphatic rings. The van der Waals surface area contributed by atoms with Crippen molar-refractivity contribution < 1.29 is 4.79 Å². The highest BCUT2D eigenvalue weighted by atomic mass is 16.1. The number of fused-ring (bicyclic) bond motifs is 1. The number of amides is 1. The highest BCUT2D eigenvalue weighted by Crippen LogP contribution is 2.18. The van der Waals surface area contributed by atoms with Crippen LogP contribution in [0, 0.1) is 6.92 Å². The first kappa shape index (κ1) is 11.9. The van der Waals surface area contributed by atoms with Crippen molar-refractivity contribution in [1.29, 1.82) is 0 Å². The van der Waals surface area contributed by atoms with E-state index in [1.807, 2.05) is 13.1 Å². The molecular formula is C14H16N4O. The van der Waals surface area contributed by atoms with Crippen LogP contribution in [0.25, 0.3) is 0 Å². The lowest BCUT2D eigenvalue weighted by atomic mass is 10.2. The molecule has 2 N–H and O–H groups in total. The van der Waals surface area contributed by atoms with Gasteiger partial charge in [-0.1, -0.05) is 0 Å². The summed E-state index contributed by atoms with van der Waals surface area (Å²) < 4.78 is 0. The minimum absolute atomic E-state index is 0.0946. The third-order valence-electron chi connectivity index (χ3n) is 3.47. The van der Waals surface area contributed by atoms with Gasteiger partial charge in [-0.15, -0.1) is 0 Å². The van der Waals surface area contributed by atoms with Gasteiger partial charge in [-0.2, -0.15) is 0 Å². The van der Waals surface area contributed by atoms with Gasteiger partial charge in [0, 0.05) is 24.3 Å². The second-order valence-corrected chi connectivity index (χ2v) is 4.85. The Kier molecular flexibility index (Phi) is 3.03. The summed E-state index contributed by atoms with van der Waals surface area (Å²) >= 11 is 0. The van der Waals surface area contributed by atoms with E-state index in [1.165, 1.54) is 5.56 Å². The Labute approximate surface area is 111 Å². The molecule has 0 spiro atoms. The number of carbonyl (C=O) groups is 1. The van der Waals surface area contributed by atoms with Crippen molar-refractivity contribution in [1.82, 2.24) is 20.3 Å². The van der Waals surface area contributed by atoms with E-state index < -0.39 is 0 Å². The molecule has 98 valence electrons. The molecule has 0 saturated heterocycles. The normalized spacial score (nSPS) is 13.3. The van der Waals surface area contributed by atoms with Gasteiger partial charge in [-0.25, -0.2) is 9.97 Å². The summed E-state index contributed by atoms with van der Waals surface area (Å²) in [4.78, 5) is 23.7. The number of carbonyl (C=O) groups excluding carboxylic acids is 1. The van der Waals surface area contributed by atoms with E-state index in [4.69, 9.17) is 0 Å². The summed E-state index contributed by atoms with van der Waals surface area (Å²) in [6.45, 7) is 2.27. The minimum Gasteiger partial charge on any atom is -0.367 e. The van der Waals surface area contributed by atoms with Gasteiger partial charge < -0.3 is 10.3 Å². The Morgan fingerprint density at radius 3 is 3.11 bits per heavy atom. The van der Waals surface area contributed by atoms with E-state index in [2.05, 4.69) is 20.3 Å². The molecule has 1 amide bonds. The standard InChI is InChI=1S/C14H16N4O/c1-9-5-15-7-11(9)14(19)17-8-13-16-6-10-3-2-4-12(10)18-13/h5-7,15H,2-4,8H2,1H3,(H,17,19). The van der Waals surface area contributed by atoms with Crippen LogP contribution in [0.5, 0.6) is 0 Å². The fraction of sp³-hybridized carbons (Fsp3) is 0.357. The number of nitrogens with zero attached hydrogens (tertiary/aromatic N) is 2. The molecule has 5 heteroatoms. The van der Waals surface area contributed by atoms with Crippen molar-refractivity contribution in [2.75, 3.05) is 0 Å². The number of hydrogen-bond donors (Lipinski definition) is 2. The summed E-state index contributed by atoms with van der Waals surface area (Å²) in [6, 6.07) is 0. The average molecular weight is 256 g/mol. The van der Waals surface area contributed by atoms with E-state index in [-0.39, 0.29) is 5.91 Å². The number of aryl methyl sites for hydroxylation is 3. The summed E-state index contributed by atoms with van der Waals surface area (Å²) in [5.74, 6) is 0.588. The van der Waals surface area contributed by atoms with Crippen molar-refractivity contribution in [2.45, 2.75) is 32.7 Å². The number of aromatic nitrogens is 3. The third kappa shape index (κ3) is 2.36. The molecule has 0 fully saturated rings. The van der Waals surface area contributed by atoms with Crippen molar-refractivity contribution in [3.05, 3.63) is 46.8 Å². The highest BCUT2D eigenvalue weighted by Gasteiger charge is 2.14. The van der Waals surface area contributed by atoms with E-state index in [1.54, 1.807) is 12.4 Å².